The first kappa shape index (κ1) is 14.1. The predicted molar refractivity (Wildman–Crippen MR) is 82.9 cm³/mol. The minimum atomic E-state index is 0.0288. The van der Waals surface area contributed by atoms with Crippen LogP contribution in [0.2, 0.25) is 0 Å². The molecule has 3 nitrogen and oxygen atoms in total. The summed E-state index contributed by atoms with van der Waals surface area (Å²) >= 11 is 3.18. The first-order valence-electron chi connectivity index (χ1n) is 6.12. The third kappa shape index (κ3) is 3.81. The van der Waals surface area contributed by atoms with Crippen LogP contribution in [0.4, 0.5) is 5.13 Å². The quantitative estimate of drug-likeness (QED) is 0.837. The van der Waals surface area contributed by atoms with Crippen molar-refractivity contribution in [2.45, 2.75) is 24.7 Å². The third-order valence-electron chi connectivity index (χ3n) is 2.61. The van der Waals surface area contributed by atoms with E-state index in [0.29, 0.717) is 11.6 Å². The summed E-state index contributed by atoms with van der Waals surface area (Å²) in [4.78, 5) is 17.2. The number of thioether (sulfide) groups is 1. The summed E-state index contributed by atoms with van der Waals surface area (Å²) in [6.07, 6.45) is 3.44. The van der Waals surface area contributed by atoms with Gasteiger partial charge in [-0.25, -0.2) is 4.98 Å². The van der Waals surface area contributed by atoms with Crippen LogP contribution in [0, 0.1) is 0 Å². The van der Waals surface area contributed by atoms with Crippen LogP contribution in [0.3, 0.4) is 0 Å². The van der Waals surface area contributed by atoms with E-state index in [1.807, 2.05) is 12.3 Å². The average molecular weight is 292 g/mol. The van der Waals surface area contributed by atoms with Crippen LogP contribution < -0.4 is 5.32 Å². The first-order chi connectivity index (χ1) is 9.22. The van der Waals surface area contributed by atoms with Gasteiger partial charge in [0, 0.05) is 22.3 Å². The minimum Gasteiger partial charge on any atom is -0.302 e. The van der Waals surface area contributed by atoms with Gasteiger partial charge in [-0.05, 0) is 24.8 Å². The van der Waals surface area contributed by atoms with Gasteiger partial charge in [0.1, 0.15) is 0 Å². The van der Waals surface area contributed by atoms with Crippen LogP contribution in [0.1, 0.15) is 19.8 Å². The number of aromatic nitrogens is 1. The SMILES string of the molecule is CCCC(=O)Nc1nc(-c2ccc(SC)cc2)cs1. The highest BCUT2D eigenvalue weighted by atomic mass is 32.2. The number of nitrogens with zero attached hydrogens (tertiary/aromatic N) is 1. The van der Waals surface area contributed by atoms with Gasteiger partial charge in [-0.3, -0.25) is 4.79 Å². The summed E-state index contributed by atoms with van der Waals surface area (Å²) in [5, 5.41) is 5.46. The second-order valence-corrected chi connectivity index (χ2v) is 5.80. The number of anilines is 1. The van der Waals surface area contributed by atoms with Gasteiger partial charge in [0.15, 0.2) is 5.13 Å². The van der Waals surface area contributed by atoms with Crippen molar-refractivity contribution < 1.29 is 4.79 Å². The molecule has 0 atom stereocenters. The standard InChI is InChI=1S/C14H16N2OS2/c1-3-4-13(17)16-14-15-12(9-19-14)10-5-7-11(18-2)8-6-10/h5-9H,3-4H2,1-2H3,(H,15,16,17). The normalized spacial score (nSPS) is 10.4. The summed E-state index contributed by atoms with van der Waals surface area (Å²) in [7, 11) is 0. The highest BCUT2D eigenvalue weighted by Crippen LogP contribution is 2.26. The van der Waals surface area contributed by atoms with E-state index < -0.39 is 0 Å². The molecule has 0 aliphatic rings. The van der Waals surface area contributed by atoms with E-state index in [9.17, 15) is 4.79 Å². The van der Waals surface area contributed by atoms with Gasteiger partial charge in [-0.15, -0.1) is 23.1 Å². The highest BCUT2D eigenvalue weighted by molar-refractivity contribution is 7.98. The van der Waals surface area contributed by atoms with Crippen LogP contribution in [-0.4, -0.2) is 17.1 Å². The van der Waals surface area contributed by atoms with Crippen molar-refractivity contribution in [3.8, 4) is 11.3 Å². The molecule has 1 amide bonds. The molecule has 5 heteroatoms. The van der Waals surface area contributed by atoms with Gasteiger partial charge in [-0.1, -0.05) is 19.1 Å². The van der Waals surface area contributed by atoms with E-state index in [-0.39, 0.29) is 5.91 Å². The van der Waals surface area contributed by atoms with Crippen molar-refractivity contribution in [2.24, 2.45) is 0 Å². The lowest BCUT2D eigenvalue weighted by molar-refractivity contribution is -0.116. The fourth-order valence-electron chi connectivity index (χ4n) is 1.63. The molecule has 0 fully saturated rings. The molecule has 1 aromatic heterocycles. The van der Waals surface area contributed by atoms with E-state index in [0.717, 1.165) is 17.7 Å². The zero-order valence-corrected chi connectivity index (χ0v) is 12.6. The molecule has 1 aromatic carbocycles. The lowest BCUT2D eigenvalue weighted by Crippen LogP contribution is -2.10. The van der Waals surface area contributed by atoms with E-state index in [2.05, 4.69) is 40.8 Å². The number of nitrogens with one attached hydrogen (secondary N) is 1. The van der Waals surface area contributed by atoms with Crippen molar-refractivity contribution in [3.05, 3.63) is 29.6 Å². The number of hydrogen-bond donors (Lipinski definition) is 1. The van der Waals surface area contributed by atoms with Crippen molar-refractivity contribution in [3.63, 3.8) is 0 Å². The van der Waals surface area contributed by atoms with Crippen molar-refractivity contribution >= 4 is 34.1 Å². The Bertz CT molecular complexity index is 549. The zero-order chi connectivity index (χ0) is 13.7. The molecule has 19 heavy (non-hydrogen) atoms. The molecule has 0 aliphatic carbocycles. The largest absolute Gasteiger partial charge is 0.302 e. The monoisotopic (exact) mass is 292 g/mol. The maximum atomic E-state index is 11.5. The summed E-state index contributed by atoms with van der Waals surface area (Å²) in [6.45, 7) is 1.99. The molecule has 0 saturated heterocycles. The van der Waals surface area contributed by atoms with Crippen LogP contribution in [0.15, 0.2) is 34.5 Å². The minimum absolute atomic E-state index is 0.0288. The Morgan fingerprint density at radius 3 is 2.74 bits per heavy atom. The number of carbonyl (C=O) groups is 1. The van der Waals surface area contributed by atoms with Crippen molar-refractivity contribution in [1.29, 1.82) is 0 Å². The maximum Gasteiger partial charge on any atom is 0.226 e. The van der Waals surface area contributed by atoms with Crippen LogP contribution in [0.5, 0.6) is 0 Å². The summed E-state index contributed by atoms with van der Waals surface area (Å²) in [5.74, 6) is 0.0288. The Morgan fingerprint density at radius 1 is 1.37 bits per heavy atom. The molecule has 0 saturated carbocycles. The summed E-state index contributed by atoms with van der Waals surface area (Å²) in [6, 6.07) is 8.26. The molecule has 0 bridgehead atoms. The molecular formula is C14H16N2OS2. The summed E-state index contributed by atoms with van der Waals surface area (Å²) < 4.78 is 0. The fraction of sp³-hybridized carbons (Fsp3) is 0.286. The molecule has 0 spiro atoms. The predicted octanol–water partition coefficient (Wildman–Crippen LogP) is 4.27. The molecule has 1 heterocycles. The van der Waals surface area contributed by atoms with Gasteiger partial charge in [0.25, 0.3) is 0 Å². The first-order valence-corrected chi connectivity index (χ1v) is 8.23. The summed E-state index contributed by atoms with van der Waals surface area (Å²) in [5.41, 5.74) is 1.98. The molecule has 100 valence electrons. The maximum absolute atomic E-state index is 11.5. The number of carbonyl (C=O) groups excluding carboxylic acids is 1. The third-order valence-corrected chi connectivity index (χ3v) is 4.11. The number of benzene rings is 1. The van der Waals surface area contributed by atoms with E-state index in [1.54, 1.807) is 11.8 Å². The molecule has 0 unspecified atom stereocenters. The number of thiazole rings is 1. The molecular weight excluding hydrogens is 276 g/mol. The van der Waals surface area contributed by atoms with Gasteiger partial charge in [0.05, 0.1) is 5.69 Å². The smallest absolute Gasteiger partial charge is 0.226 e. The van der Waals surface area contributed by atoms with Crippen molar-refractivity contribution in [1.82, 2.24) is 4.98 Å². The zero-order valence-electron chi connectivity index (χ0n) is 11.0. The molecule has 2 aromatic rings. The second kappa shape index (κ2) is 6.73. The Labute approximate surface area is 121 Å². The van der Waals surface area contributed by atoms with Gasteiger partial charge in [-0.2, -0.15) is 0 Å². The van der Waals surface area contributed by atoms with Crippen LogP contribution in [-0.2, 0) is 4.79 Å². The van der Waals surface area contributed by atoms with Crippen LogP contribution in [0.25, 0.3) is 11.3 Å². The Hall–Kier alpha value is -1.33. The fourth-order valence-corrected chi connectivity index (χ4v) is 2.78. The van der Waals surface area contributed by atoms with E-state index in [1.165, 1.54) is 16.2 Å². The number of rotatable bonds is 5. The molecule has 0 radical (unpaired) electrons. The van der Waals surface area contributed by atoms with E-state index >= 15 is 0 Å². The lowest BCUT2D eigenvalue weighted by atomic mass is 10.2. The van der Waals surface area contributed by atoms with Crippen molar-refractivity contribution in [2.75, 3.05) is 11.6 Å². The Morgan fingerprint density at radius 2 is 2.11 bits per heavy atom. The van der Waals surface area contributed by atoms with E-state index in [4.69, 9.17) is 0 Å². The molecule has 2 rings (SSSR count). The molecule has 1 N–H and O–H groups in total. The molecule has 0 aliphatic heterocycles. The average Bonchev–Trinajstić information content (AvgIpc) is 2.87. The van der Waals surface area contributed by atoms with Gasteiger partial charge < -0.3 is 5.32 Å². The highest BCUT2D eigenvalue weighted by Gasteiger charge is 2.07. The second-order valence-electron chi connectivity index (χ2n) is 4.06. The topological polar surface area (TPSA) is 42.0 Å². The number of hydrogen-bond acceptors (Lipinski definition) is 4. The van der Waals surface area contributed by atoms with Gasteiger partial charge >= 0.3 is 0 Å². The van der Waals surface area contributed by atoms with Crippen LogP contribution >= 0.6 is 23.1 Å². The Kier molecular flexibility index (Phi) is 4.99. The lowest BCUT2D eigenvalue weighted by Gasteiger charge is -2.00. The Balaban J connectivity index is 2.09. The number of amides is 1. The van der Waals surface area contributed by atoms with Gasteiger partial charge in [0.2, 0.25) is 5.91 Å².